The van der Waals surface area contributed by atoms with Crippen LogP contribution in [-0.2, 0) is 0 Å². The van der Waals surface area contributed by atoms with Gasteiger partial charge in [-0.05, 0) is 13.8 Å². The molecule has 1 radical (unpaired) electrons. The van der Waals surface area contributed by atoms with E-state index in [4.69, 9.17) is 0 Å². The van der Waals surface area contributed by atoms with E-state index in [1.165, 1.54) is 0 Å². The van der Waals surface area contributed by atoms with E-state index in [1.807, 2.05) is 6.92 Å². The molecule has 2 unspecified atom stereocenters. The second-order valence-corrected chi connectivity index (χ2v) is 3.64. The smallest absolute Gasteiger partial charge is 0.0318 e. The van der Waals surface area contributed by atoms with E-state index in [9.17, 15) is 0 Å². The SMILES string of the molecule is [CH2]C(C#CC)C(C)I. The van der Waals surface area contributed by atoms with E-state index < -0.39 is 0 Å². The van der Waals surface area contributed by atoms with Crippen LogP contribution in [0.3, 0.4) is 0 Å². The Morgan fingerprint density at radius 1 is 1.62 bits per heavy atom. The Hall–Kier alpha value is 0.290. The molecule has 0 aromatic rings. The van der Waals surface area contributed by atoms with Gasteiger partial charge < -0.3 is 0 Å². The molecule has 0 aliphatic rings. The average molecular weight is 221 g/mol. The Labute approximate surface area is 65.2 Å². The molecule has 0 bridgehead atoms. The molecule has 0 aromatic heterocycles. The first-order valence-corrected chi connectivity index (χ1v) is 3.82. The topological polar surface area (TPSA) is 0 Å². The lowest BCUT2D eigenvalue weighted by molar-refractivity contribution is 0.845. The van der Waals surface area contributed by atoms with Crippen LogP contribution in [-0.4, -0.2) is 3.92 Å². The summed E-state index contributed by atoms with van der Waals surface area (Å²) in [6.45, 7) is 7.80. The zero-order valence-electron chi connectivity index (χ0n) is 5.24. The van der Waals surface area contributed by atoms with Crippen molar-refractivity contribution in [1.82, 2.24) is 0 Å². The van der Waals surface area contributed by atoms with Crippen molar-refractivity contribution in [2.24, 2.45) is 5.92 Å². The van der Waals surface area contributed by atoms with E-state index in [2.05, 4.69) is 48.3 Å². The van der Waals surface area contributed by atoms with E-state index in [0.717, 1.165) is 0 Å². The molecule has 0 nitrogen and oxygen atoms in total. The number of alkyl halides is 1. The molecule has 0 rings (SSSR count). The summed E-state index contributed by atoms with van der Waals surface area (Å²) in [6.07, 6.45) is 0. The fraction of sp³-hybridized carbons (Fsp3) is 0.571. The summed E-state index contributed by atoms with van der Waals surface area (Å²) in [5.41, 5.74) is 0. The minimum Gasteiger partial charge on any atom is -0.106 e. The molecule has 0 aliphatic heterocycles. The first kappa shape index (κ1) is 8.29. The monoisotopic (exact) mass is 221 g/mol. The lowest BCUT2D eigenvalue weighted by Gasteiger charge is -2.03. The molecule has 0 amide bonds. The van der Waals surface area contributed by atoms with Crippen molar-refractivity contribution in [3.8, 4) is 11.8 Å². The maximum Gasteiger partial charge on any atom is 0.0318 e. The molecule has 0 fully saturated rings. The minimum absolute atomic E-state index is 0.292. The van der Waals surface area contributed by atoms with Gasteiger partial charge in [0.05, 0.1) is 0 Å². The van der Waals surface area contributed by atoms with Gasteiger partial charge in [0.25, 0.3) is 0 Å². The highest BCUT2D eigenvalue weighted by Crippen LogP contribution is 2.09. The quantitative estimate of drug-likeness (QED) is 0.362. The predicted molar refractivity (Wildman–Crippen MR) is 45.8 cm³/mol. The van der Waals surface area contributed by atoms with Crippen molar-refractivity contribution in [3.05, 3.63) is 6.92 Å². The van der Waals surface area contributed by atoms with Gasteiger partial charge >= 0.3 is 0 Å². The molecule has 1 heteroatoms. The Morgan fingerprint density at radius 3 is 2.25 bits per heavy atom. The van der Waals surface area contributed by atoms with Gasteiger partial charge in [0.15, 0.2) is 0 Å². The summed E-state index contributed by atoms with van der Waals surface area (Å²) >= 11 is 2.33. The van der Waals surface area contributed by atoms with Crippen molar-refractivity contribution < 1.29 is 0 Å². The van der Waals surface area contributed by atoms with E-state index in [1.54, 1.807) is 0 Å². The van der Waals surface area contributed by atoms with Crippen molar-refractivity contribution in [2.45, 2.75) is 17.8 Å². The zero-order valence-corrected chi connectivity index (χ0v) is 7.40. The Bertz CT molecular complexity index is 105. The molecule has 0 aromatic carbocycles. The number of halogens is 1. The molecule has 0 saturated heterocycles. The van der Waals surface area contributed by atoms with Gasteiger partial charge in [-0.25, -0.2) is 0 Å². The van der Waals surface area contributed by atoms with Crippen LogP contribution >= 0.6 is 22.6 Å². The maximum atomic E-state index is 3.85. The third-order valence-corrected chi connectivity index (χ3v) is 1.75. The number of hydrogen-bond acceptors (Lipinski definition) is 0. The van der Waals surface area contributed by atoms with Crippen LogP contribution in [0.5, 0.6) is 0 Å². The standard InChI is InChI=1S/C7H10I/c1-4-5-6(2)7(3)8/h6-7H,2H2,1,3H3. The van der Waals surface area contributed by atoms with E-state index >= 15 is 0 Å². The molecule has 0 aliphatic carbocycles. The van der Waals surface area contributed by atoms with Crippen LogP contribution < -0.4 is 0 Å². The molecular formula is C7H10I. The Balaban J connectivity index is 3.58. The molecular weight excluding hydrogens is 211 g/mol. The van der Waals surface area contributed by atoms with Crippen LogP contribution in [0.25, 0.3) is 0 Å². The molecule has 0 saturated carbocycles. The molecule has 2 atom stereocenters. The Kier molecular flexibility index (Phi) is 4.35. The van der Waals surface area contributed by atoms with E-state index in [-0.39, 0.29) is 0 Å². The second-order valence-electron chi connectivity index (χ2n) is 1.68. The normalized spacial score (nSPS) is 16.0. The first-order chi connectivity index (χ1) is 3.68. The summed E-state index contributed by atoms with van der Waals surface area (Å²) in [5, 5.41) is 0. The van der Waals surface area contributed by atoms with Gasteiger partial charge in [-0.15, -0.1) is 5.92 Å². The average Bonchev–Trinajstić information content (AvgIpc) is 1.67. The van der Waals surface area contributed by atoms with Gasteiger partial charge in [-0.3, -0.25) is 0 Å². The predicted octanol–water partition coefficient (Wildman–Crippen LogP) is 2.28. The van der Waals surface area contributed by atoms with Crippen LogP contribution in [0.15, 0.2) is 0 Å². The molecule has 0 spiro atoms. The van der Waals surface area contributed by atoms with Gasteiger partial charge in [0, 0.05) is 9.84 Å². The lowest BCUT2D eigenvalue weighted by atomic mass is 10.1. The van der Waals surface area contributed by atoms with Crippen LogP contribution in [0.2, 0.25) is 0 Å². The highest BCUT2D eigenvalue weighted by molar-refractivity contribution is 14.1. The zero-order chi connectivity index (χ0) is 6.57. The summed E-state index contributed by atoms with van der Waals surface area (Å²) in [4.78, 5) is 0. The van der Waals surface area contributed by atoms with Crippen molar-refractivity contribution in [3.63, 3.8) is 0 Å². The fourth-order valence-corrected chi connectivity index (χ4v) is 0.480. The van der Waals surface area contributed by atoms with Crippen LogP contribution in [0.4, 0.5) is 0 Å². The molecule has 0 heterocycles. The van der Waals surface area contributed by atoms with Crippen LogP contribution in [0, 0.1) is 24.7 Å². The van der Waals surface area contributed by atoms with Gasteiger partial charge in [0.1, 0.15) is 0 Å². The Morgan fingerprint density at radius 2 is 2.12 bits per heavy atom. The van der Waals surface area contributed by atoms with Gasteiger partial charge in [-0.1, -0.05) is 35.4 Å². The molecule has 0 N–H and O–H groups in total. The van der Waals surface area contributed by atoms with Crippen molar-refractivity contribution in [1.29, 1.82) is 0 Å². The third kappa shape index (κ3) is 3.31. The van der Waals surface area contributed by atoms with Crippen molar-refractivity contribution >= 4 is 22.6 Å². The summed E-state index contributed by atoms with van der Waals surface area (Å²) < 4.78 is 0.556. The molecule has 45 valence electrons. The first-order valence-electron chi connectivity index (χ1n) is 2.58. The third-order valence-electron chi connectivity index (χ3n) is 0.884. The number of rotatable bonds is 1. The van der Waals surface area contributed by atoms with Crippen LogP contribution in [0.1, 0.15) is 13.8 Å². The van der Waals surface area contributed by atoms with E-state index in [0.29, 0.717) is 9.84 Å². The highest BCUT2D eigenvalue weighted by atomic mass is 127. The van der Waals surface area contributed by atoms with Gasteiger partial charge in [0.2, 0.25) is 0 Å². The van der Waals surface area contributed by atoms with Gasteiger partial charge in [-0.2, -0.15) is 0 Å². The number of hydrogen-bond donors (Lipinski definition) is 0. The largest absolute Gasteiger partial charge is 0.106 e. The lowest BCUT2D eigenvalue weighted by Crippen LogP contribution is -2.02. The fourth-order valence-electron chi connectivity index (χ4n) is 0.300. The molecule has 8 heavy (non-hydrogen) atoms. The summed E-state index contributed by atoms with van der Waals surface area (Å²) in [7, 11) is 0. The summed E-state index contributed by atoms with van der Waals surface area (Å²) in [6, 6.07) is 0. The minimum atomic E-state index is 0.292. The second kappa shape index (κ2) is 4.20. The highest BCUT2D eigenvalue weighted by Gasteiger charge is 2.02. The maximum absolute atomic E-state index is 3.85. The summed E-state index contributed by atoms with van der Waals surface area (Å²) in [5.74, 6) is 6.10. The van der Waals surface area contributed by atoms with Crippen molar-refractivity contribution in [2.75, 3.05) is 0 Å².